The molecule has 9 aromatic carbocycles. The van der Waals surface area contributed by atoms with Gasteiger partial charge in [-0.2, -0.15) is 9.97 Å². The summed E-state index contributed by atoms with van der Waals surface area (Å²) in [7, 11) is 0. The molecule has 0 atom stereocenters. The Morgan fingerprint density at radius 1 is 0.306 bits per heavy atom. The molecule has 0 N–H and O–H groups in total. The van der Waals surface area contributed by atoms with Gasteiger partial charge in [0.05, 0.1) is 16.4 Å². The zero-order valence-corrected chi connectivity index (χ0v) is 33.6. The Morgan fingerprint density at radius 2 is 0.742 bits per heavy atom. The third-order valence-corrected chi connectivity index (χ3v) is 13.1. The summed E-state index contributed by atoms with van der Waals surface area (Å²) in [4.78, 5) is 16.1. The molecule has 0 aliphatic heterocycles. The van der Waals surface area contributed by atoms with Crippen molar-refractivity contribution in [3.63, 3.8) is 0 Å². The second-order valence-corrected chi connectivity index (χ2v) is 16.3. The molecule has 11 aromatic rings. The van der Waals surface area contributed by atoms with Gasteiger partial charge in [0.25, 0.3) is 0 Å². The minimum Gasteiger partial charge on any atom is -0.277 e. The highest BCUT2D eigenvalue weighted by molar-refractivity contribution is 6.16. The Bertz CT molecular complexity index is 3400. The van der Waals surface area contributed by atoms with Crippen LogP contribution in [-0.2, 0) is 5.41 Å². The summed E-state index contributed by atoms with van der Waals surface area (Å²) < 4.78 is 2.30. The Morgan fingerprint density at radius 3 is 1.31 bits per heavy atom. The molecule has 1 spiro atoms. The van der Waals surface area contributed by atoms with E-state index < -0.39 is 5.41 Å². The van der Waals surface area contributed by atoms with E-state index in [9.17, 15) is 0 Å². The summed E-state index contributed by atoms with van der Waals surface area (Å²) in [5.74, 6) is 1.81. The molecule has 2 aliphatic carbocycles. The predicted molar refractivity (Wildman–Crippen MR) is 252 cm³/mol. The topological polar surface area (TPSA) is 43.6 Å². The highest BCUT2D eigenvalue weighted by Gasteiger charge is 2.52. The normalized spacial score (nSPS) is 13.0. The summed E-state index contributed by atoms with van der Waals surface area (Å²) in [6.45, 7) is 0. The van der Waals surface area contributed by atoms with Crippen LogP contribution in [0.15, 0.2) is 218 Å². The van der Waals surface area contributed by atoms with Gasteiger partial charge in [-0.3, -0.25) is 4.57 Å². The maximum absolute atomic E-state index is 5.42. The van der Waals surface area contributed by atoms with E-state index in [1.165, 1.54) is 55.6 Å². The molecule has 288 valence electrons. The van der Waals surface area contributed by atoms with Crippen LogP contribution in [0.2, 0.25) is 0 Å². The lowest BCUT2D eigenvalue weighted by Gasteiger charge is -2.30. The molecular weight excluding hydrogens is 753 g/mol. The average Bonchev–Trinajstić information content (AvgIpc) is 3.96. The van der Waals surface area contributed by atoms with E-state index >= 15 is 0 Å². The number of para-hydroxylation sites is 1. The monoisotopic (exact) mass is 788 g/mol. The second kappa shape index (κ2) is 13.4. The summed E-state index contributed by atoms with van der Waals surface area (Å²) >= 11 is 0. The van der Waals surface area contributed by atoms with Crippen molar-refractivity contribution in [1.29, 1.82) is 0 Å². The van der Waals surface area contributed by atoms with Crippen LogP contribution in [-0.4, -0.2) is 19.5 Å². The van der Waals surface area contributed by atoms with Crippen LogP contribution in [0.4, 0.5) is 0 Å². The maximum atomic E-state index is 5.42. The first kappa shape index (κ1) is 34.6. The van der Waals surface area contributed by atoms with Gasteiger partial charge in [0.1, 0.15) is 0 Å². The van der Waals surface area contributed by atoms with Crippen molar-refractivity contribution in [3.05, 3.63) is 241 Å². The van der Waals surface area contributed by atoms with E-state index in [-0.39, 0.29) is 0 Å². The lowest BCUT2D eigenvalue weighted by atomic mass is 9.70. The fraction of sp³-hybridized carbons (Fsp3) is 0.0172. The molecule has 0 bridgehead atoms. The highest BCUT2D eigenvalue weighted by Crippen LogP contribution is 2.64. The van der Waals surface area contributed by atoms with Crippen molar-refractivity contribution in [2.45, 2.75) is 5.41 Å². The van der Waals surface area contributed by atoms with Crippen molar-refractivity contribution in [3.8, 4) is 73.2 Å². The van der Waals surface area contributed by atoms with E-state index in [1.807, 2.05) is 12.1 Å². The minimum atomic E-state index is -0.481. The molecule has 0 unspecified atom stereocenters. The molecular formula is C58H36N4. The second-order valence-electron chi connectivity index (χ2n) is 16.3. The molecule has 0 fully saturated rings. The molecule has 0 radical (unpaired) electrons. The third-order valence-electron chi connectivity index (χ3n) is 13.1. The molecule has 0 saturated heterocycles. The van der Waals surface area contributed by atoms with Crippen LogP contribution in [0.25, 0.3) is 95.0 Å². The van der Waals surface area contributed by atoms with Gasteiger partial charge in [-0.1, -0.05) is 212 Å². The largest absolute Gasteiger partial charge is 0.277 e. The van der Waals surface area contributed by atoms with Gasteiger partial charge in [0, 0.05) is 27.5 Å². The van der Waals surface area contributed by atoms with Crippen molar-refractivity contribution in [1.82, 2.24) is 19.5 Å². The van der Waals surface area contributed by atoms with Gasteiger partial charge in [0.15, 0.2) is 11.6 Å². The molecule has 0 saturated carbocycles. The van der Waals surface area contributed by atoms with Gasteiger partial charge >= 0.3 is 0 Å². The van der Waals surface area contributed by atoms with Gasteiger partial charge in [-0.05, 0) is 67.3 Å². The molecule has 13 rings (SSSR count). The Balaban J connectivity index is 1.09. The molecule has 2 heterocycles. The fourth-order valence-corrected chi connectivity index (χ4v) is 10.4. The lowest BCUT2D eigenvalue weighted by Crippen LogP contribution is -2.25. The highest BCUT2D eigenvalue weighted by atomic mass is 15.2. The van der Waals surface area contributed by atoms with Crippen molar-refractivity contribution < 1.29 is 0 Å². The van der Waals surface area contributed by atoms with E-state index in [4.69, 9.17) is 15.0 Å². The summed E-state index contributed by atoms with van der Waals surface area (Å²) in [6, 6.07) is 78.4. The van der Waals surface area contributed by atoms with Gasteiger partial charge in [-0.15, -0.1) is 0 Å². The Labute approximate surface area is 359 Å². The van der Waals surface area contributed by atoms with Crippen LogP contribution in [0.1, 0.15) is 22.3 Å². The zero-order valence-electron chi connectivity index (χ0n) is 33.6. The van der Waals surface area contributed by atoms with Crippen LogP contribution in [0.5, 0.6) is 0 Å². The van der Waals surface area contributed by atoms with Crippen LogP contribution < -0.4 is 0 Å². The maximum Gasteiger partial charge on any atom is 0.238 e. The molecule has 4 heteroatoms. The molecule has 0 amide bonds. The van der Waals surface area contributed by atoms with Crippen LogP contribution in [0, 0.1) is 0 Å². The number of fused-ring (bicyclic) bond motifs is 14. The summed E-state index contributed by atoms with van der Waals surface area (Å²) in [5, 5.41) is 2.31. The number of rotatable bonds is 5. The summed E-state index contributed by atoms with van der Waals surface area (Å²) in [5.41, 5.74) is 18.3. The Hall–Kier alpha value is -8.21. The lowest BCUT2D eigenvalue weighted by molar-refractivity contribution is 0.794. The van der Waals surface area contributed by atoms with E-state index in [0.717, 1.165) is 44.1 Å². The third kappa shape index (κ3) is 4.92. The number of aromatic nitrogens is 4. The SMILES string of the molecule is c1ccc(-c2ccc(-c3nc(-c4ccc(-c5ccccc5)cc4)nc(-n4c5ccccc5c5ccc6c(c54)-c4ccccc4C64c5ccccc5-c5ccccc54)n3)cc2)cc1. The fourth-order valence-electron chi connectivity index (χ4n) is 10.4. The zero-order chi connectivity index (χ0) is 40.8. The minimum absolute atomic E-state index is 0.481. The smallest absolute Gasteiger partial charge is 0.238 e. The first-order chi connectivity index (χ1) is 30.8. The van der Waals surface area contributed by atoms with E-state index in [2.05, 4.69) is 211 Å². The molecule has 2 aliphatic rings. The quantitative estimate of drug-likeness (QED) is 0.174. The molecule has 62 heavy (non-hydrogen) atoms. The van der Waals surface area contributed by atoms with Gasteiger partial charge in [-0.25, -0.2) is 4.98 Å². The van der Waals surface area contributed by atoms with Crippen molar-refractivity contribution in [2.75, 3.05) is 0 Å². The van der Waals surface area contributed by atoms with E-state index in [0.29, 0.717) is 17.6 Å². The molecule has 4 nitrogen and oxygen atoms in total. The van der Waals surface area contributed by atoms with Crippen molar-refractivity contribution >= 4 is 21.8 Å². The van der Waals surface area contributed by atoms with Crippen molar-refractivity contribution in [2.24, 2.45) is 0 Å². The number of benzene rings is 9. The number of hydrogen-bond donors (Lipinski definition) is 0. The number of nitrogens with zero attached hydrogens (tertiary/aromatic N) is 4. The average molecular weight is 789 g/mol. The van der Waals surface area contributed by atoms with Gasteiger partial charge < -0.3 is 0 Å². The first-order valence-electron chi connectivity index (χ1n) is 21.2. The van der Waals surface area contributed by atoms with Gasteiger partial charge in [0.2, 0.25) is 5.95 Å². The number of hydrogen-bond acceptors (Lipinski definition) is 3. The molecule has 2 aromatic heterocycles. The van der Waals surface area contributed by atoms with Crippen LogP contribution >= 0.6 is 0 Å². The Kier molecular flexibility index (Phi) is 7.49. The van der Waals surface area contributed by atoms with E-state index in [1.54, 1.807) is 0 Å². The standard InChI is InChI=1S/C58H36N4/c1-3-15-37(16-4-1)39-27-31-41(32-28-39)55-59-56(42-33-29-40(30-34-42)38-17-5-2-6-18-38)61-57(60-55)62-52-26-14-10-21-45(52)46-35-36-51-53(54(46)62)47-22-9-13-25-50(47)58(51)48-23-11-7-19-43(48)44-20-8-12-24-49(44)58/h1-36H. The first-order valence-corrected chi connectivity index (χ1v) is 21.2. The van der Waals surface area contributed by atoms with Crippen LogP contribution in [0.3, 0.4) is 0 Å². The predicted octanol–water partition coefficient (Wildman–Crippen LogP) is 14.0. The summed E-state index contributed by atoms with van der Waals surface area (Å²) in [6.07, 6.45) is 0.